The first kappa shape index (κ1) is 16.2. The molecule has 132 valence electrons. The molecule has 2 aromatic heterocycles. The Balaban J connectivity index is 1.81. The minimum Gasteiger partial charge on any atom is -0.460 e. The summed E-state index contributed by atoms with van der Waals surface area (Å²) in [7, 11) is 0. The van der Waals surface area contributed by atoms with Gasteiger partial charge in [0.1, 0.15) is 16.9 Å². The zero-order valence-corrected chi connectivity index (χ0v) is 13.1. The van der Waals surface area contributed by atoms with Crippen molar-refractivity contribution >= 4 is 21.9 Å². The van der Waals surface area contributed by atoms with Gasteiger partial charge in [0.05, 0.1) is 30.5 Å². The van der Waals surface area contributed by atoms with Crippen LogP contribution < -0.4 is 5.43 Å². The van der Waals surface area contributed by atoms with E-state index < -0.39 is 17.4 Å². The number of halogens is 3. The lowest BCUT2D eigenvalue weighted by molar-refractivity contribution is -0.152. The fourth-order valence-electron chi connectivity index (χ4n) is 2.98. The number of furan rings is 1. The molecular formula is C17H14F3NO4. The van der Waals surface area contributed by atoms with E-state index in [4.69, 9.17) is 13.6 Å². The molecule has 1 aromatic carbocycles. The second-order valence-corrected chi connectivity index (χ2v) is 5.93. The Bertz CT molecular complexity index is 983. The molecule has 0 spiro atoms. The van der Waals surface area contributed by atoms with Gasteiger partial charge in [0.15, 0.2) is 5.43 Å². The van der Waals surface area contributed by atoms with Crippen molar-refractivity contribution in [2.75, 3.05) is 26.3 Å². The van der Waals surface area contributed by atoms with Crippen LogP contribution in [-0.2, 0) is 17.5 Å². The monoisotopic (exact) mass is 353 g/mol. The third kappa shape index (κ3) is 3.03. The van der Waals surface area contributed by atoms with Crippen LogP contribution in [0.3, 0.4) is 0 Å². The van der Waals surface area contributed by atoms with Crippen LogP contribution >= 0.6 is 0 Å². The van der Waals surface area contributed by atoms with Gasteiger partial charge in [-0.2, -0.15) is 13.2 Å². The summed E-state index contributed by atoms with van der Waals surface area (Å²) in [5.41, 5.74) is -0.445. The van der Waals surface area contributed by atoms with Crippen molar-refractivity contribution in [1.82, 2.24) is 4.90 Å². The Morgan fingerprint density at radius 2 is 1.80 bits per heavy atom. The van der Waals surface area contributed by atoms with Crippen molar-refractivity contribution in [2.24, 2.45) is 0 Å². The Morgan fingerprint density at radius 3 is 2.52 bits per heavy atom. The minimum atomic E-state index is -4.73. The van der Waals surface area contributed by atoms with Crippen molar-refractivity contribution in [3.63, 3.8) is 0 Å². The highest BCUT2D eigenvalue weighted by Gasteiger charge is 2.35. The van der Waals surface area contributed by atoms with Crippen LogP contribution in [0, 0.1) is 0 Å². The molecule has 1 aliphatic rings. The Morgan fingerprint density at radius 1 is 1.04 bits per heavy atom. The first-order valence-corrected chi connectivity index (χ1v) is 7.78. The van der Waals surface area contributed by atoms with E-state index in [1.807, 2.05) is 0 Å². The van der Waals surface area contributed by atoms with Crippen LogP contribution in [0.2, 0.25) is 0 Å². The van der Waals surface area contributed by atoms with E-state index >= 15 is 0 Å². The molecule has 5 nitrogen and oxygen atoms in total. The molecular weight excluding hydrogens is 339 g/mol. The lowest BCUT2D eigenvalue weighted by Gasteiger charge is -2.25. The maximum absolute atomic E-state index is 12.9. The third-order valence-corrected chi connectivity index (χ3v) is 4.20. The second-order valence-electron chi connectivity index (χ2n) is 5.93. The highest BCUT2D eigenvalue weighted by molar-refractivity contribution is 6.02. The fraction of sp³-hybridized carbons (Fsp3) is 0.353. The van der Waals surface area contributed by atoms with Crippen LogP contribution in [0.4, 0.5) is 13.2 Å². The maximum atomic E-state index is 12.9. The molecule has 0 saturated carbocycles. The minimum absolute atomic E-state index is 0.0965. The lowest BCUT2D eigenvalue weighted by atomic mass is 10.1. The number of morpholine rings is 1. The molecule has 4 rings (SSSR count). The third-order valence-electron chi connectivity index (χ3n) is 4.20. The molecule has 3 aromatic rings. The summed E-state index contributed by atoms with van der Waals surface area (Å²) in [5, 5.41) is 0.461. The molecule has 25 heavy (non-hydrogen) atoms. The van der Waals surface area contributed by atoms with Crippen molar-refractivity contribution < 1.29 is 26.7 Å². The molecule has 1 saturated heterocycles. The topological polar surface area (TPSA) is 55.8 Å². The molecule has 0 atom stereocenters. The van der Waals surface area contributed by atoms with E-state index in [0.717, 1.165) is 13.1 Å². The second kappa shape index (κ2) is 5.89. The van der Waals surface area contributed by atoms with E-state index in [9.17, 15) is 18.0 Å². The summed E-state index contributed by atoms with van der Waals surface area (Å²) < 4.78 is 54.8. The number of hydrogen-bond acceptors (Lipinski definition) is 5. The van der Waals surface area contributed by atoms with Crippen molar-refractivity contribution in [1.29, 1.82) is 0 Å². The number of ether oxygens (including phenoxy) is 1. The van der Waals surface area contributed by atoms with Crippen LogP contribution in [0.25, 0.3) is 21.9 Å². The Kier molecular flexibility index (Phi) is 3.81. The SMILES string of the molecule is O=c1cc(C(F)(F)F)oc2c1ccc1oc(CN3CCOCC3)cc12. The van der Waals surface area contributed by atoms with E-state index in [1.165, 1.54) is 6.07 Å². The summed E-state index contributed by atoms with van der Waals surface area (Å²) in [5.74, 6) is -0.710. The van der Waals surface area contributed by atoms with Gasteiger partial charge in [-0.1, -0.05) is 0 Å². The summed E-state index contributed by atoms with van der Waals surface area (Å²) in [6.07, 6.45) is -4.73. The number of benzene rings is 1. The van der Waals surface area contributed by atoms with Gasteiger partial charge in [-0.3, -0.25) is 9.69 Å². The zero-order valence-electron chi connectivity index (χ0n) is 13.1. The van der Waals surface area contributed by atoms with Gasteiger partial charge < -0.3 is 13.6 Å². The Labute approximate surface area is 139 Å². The van der Waals surface area contributed by atoms with Gasteiger partial charge in [-0.05, 0) is 18.2 Å². The normalized spacial score (nSPS) is 16.8. The summed E-state index contributed by atoms with van der Waals surface area (Å²) in [6.45, 7) is 3.29. The summed E-state index contributed by atoms with van der Waals surface area (Å²) >= 11 is 0. The first-order chi connectivity index (χ1) is 11.9. The van der Waals surface area contributed by atoms with Crippen LogP contribution in [-0.4, -0.2) is 31.2 Å². The quantitative estimate of drug-likeness (QED) is 0.707. The van der Waals surface area contributed by atoms with Gasteiger partial charge in [0.25, 0.3) is 0 Å². The zero-order chi connectivity index (χ0) is 17.6. The van der Waals surface area contributed by atoms with E-state index in [1.54, 1.807) is 12.1 Å². The van der Waals surface area contributed by atoms with Gasteiger partial charge in [-0.15, -0.1) is 0 Å². The molecule has 3 heterocycles. The molecule has 0 bridgehead atoms. The number of hydrogen-bond donors (Lipinski definition) is 0. The van der Waals surface area contributed by atoms with Crippen molar-refractivity contribution in [3.8, 4) is 0 Å². The number of nitrogens with zero attached hydrogens (tertiary/aromatic N) is 1. The number of alkyl halides is 3. The van der Waals surface area contributed by atoms with E-state index in [-0.39, 0.29) is 11.0 Å². The van der Waals surface area contributed by atoms with Crippen LogP contribution in [0.5, 0.6) is 0 Å². The smallest absolute Gasteiger partial charge is 0.449 e. The van der Waals surface area contributed by atoms with Gasteiger partial charge in [0, 0.05) is 19.2 Å². The highest BCUT2D eigenvalue weighted by atomic mass is 19.4. The van der Waals surface area contributed by atoms with Gasteiger partial charge in [-0.25, -0.2) is 0 Å². The van der Waals surface area contributed by atoms with Crippen molar-refractivity contribution in [3.05, 3.63) is 46.0 Å². The molecule has 0 radical (unpaired) electrons. The lowest BCUT2D eigenvalue weighted by Crippen LogP contribution is -2.35. The molecule has 0 N–H and O–H groups in total. The maximum Gasteiger partial charge on any atom is 0.449 e. The average Bonchev–Trinajstić information content (AvgIpc) is 2.97. The standard InChI is InChI=1S/C17H14F3NO4/c18-17(19,20)15-8-13(22)11-1-2-14-12(16(11)25-15)7-10(24-14)9-21-3-5-23-6-4-21/h1-2,7-8H,3-6,9H2. The molecule has 0 unspecified atom stereocenters. The van der Waals surface area contributed by atoms with Crippen LogP contribution in [0.1, 0.15) is 11.5 Å². The Hall–Kier alpha value is -2.32. The van der Waals surface area contributed by atoms with E-state index in [2.05, 4.69) is 4.90 Å². The van der Waals surface area contributed by atoms with Crippen molar-refractivity contribution in [2.45, 2.75) is 12.7 Å². The van der Waals surface area contributed by atoms with Crippen LogP contribution in [0.15, 0.2) is 37.9 Å². The van der Waals surface area contributed by atoms with Gasteiger partial charge >= 0.3 is 6.18 Å². The summed E-state index contributed by atoms with van der Waals surface area (Å²) in [4.78, 5) is 14.1. The fourth-order valence-corrected chi connectivity index (χ4v) is 2.98. The largest absolute Gasteiger partial charge is 0.460 e. The number of fused-ring (bicyclic) bond motifs is 3. The molecule has 8 heteroatoms. The van der Waals surface area contributed by atoms with E-state index in [0.29, 0.717) is 42.6 Å². The predicted molar refractivity (Wildman–Crippen MR) is 83.4 cm³/mol. The number of rotatable bonds is 2. The molecule has 1 aliphatic heterocycles. The summed E-state index contributed by atoms with van der Waals surface area (Å²) in [6, 6.07) is 5.11. The molecule has 0 amide bonds. The van der Waals surface area contributed by atoms with Gasteiger partial charge in [0.2, 0.25) is 5.76 Å². The first-order valence-electron chi connectivity index (χ1n) is 7.78. The molecule has 1 fully saturated rings. The molecule has 0 aliphatic carbocycles. The predicted octanol–water partition coefficient (Wildman–Crippen LogP) is 3.39. The highest BCUT2D eigenvalue weighted by Crippen LogP contribution is 2.33. The average molecular weight is 353 g/mol.